The van der Waals surface area contributed by atoms with Gasteiger partial charge in [0.15, 0.2) is 0 Å². The molecule has 0 aliphatic carbocycles. The normalized spacial score (nSPS) is 25.9. The number of amides is 1. The Morgan fingerprint density at radius 3 is 2.73 bits per heavy atom. The first-order valence-electron chi connectivity index (χ1n) is 7.48. The second-order valence-corrected chi connectivity index (χ2v) is 6.36. The topological polar surface area (TPSA) is 32.3 Å². The summed E-state index contributed by atoms with van der Waals surface area (Å²) in [6.45, 7) is 4.65. The molecule has 0 saturated carbocycles. The van der Waals surface area contributed by atoms with E-state index in [1.54, 1.807) is 0 Å². The number of nitrogens with zero attached hydrogens (tertiary/aromatic N) is 1. The summed E-state index contributed by atoms with van der Waals surface area (Å²) in [5, 5.41) is 2.86. The number of hydrogen-bond acceptors (Lipinski definition) is 2. The van der Waals surface area contributed by atoms with E-state index in [0.717, 1.165) is 24.7 Å². The van der Waals surface area contributed by atoms with Crippen molar-refractivity contribution in [3.05, 3.63) is 34.9 Å². The number of piperidine rings is 1. The molecule has 120 valence electrons. The van der Waals surface area contributed by atoms with Crippen LogP contribution in [0.15, 0.2) is 18.2 Å². The molecular formula is C16H19F3N2O. The second kappa shape index (κ2) is 5.57. The van der Waals surface area contributed by atoms with Crippen LogP contribution in [0, 0.1) is 18.8 Å². The van der Waals surface area contributed by atoms with Crippen molar-refractivity contribution in [3.8, 4) is 0 Å². The van der Waals surface area contributed by atoms with Crippen molar-refractivity contribution in [2.24, 2.45) is 11.8 Å². The average Bonchev–Trinajstić information content (AvgIpc) is 2.81. The van der Waals surface area contributed by atoms with Crippen LogP contribution >= 0.6 is 0 Å². The van der Waals surface area contributed by atoms with Crippen molar-refractivity contribution in [2.45, 2.75) is 26.1 Å². The number of alkyl halides is 3. The van der Waals surface area contributed by atoms with Crippen LogP contribution in [-0.4, -0.2) is 30.4 Å². The van der Waals surface area contributed by atoms with E-state index in [4.69, 9.17) is 0 Å². The molecule has 0 radical (unpaired) electrons. The van der Waals surface area contributed by atoms with E-state index in [1.165, 1.54) is 12.1 Å². The minimum atomic E-state index is -4.31. The SMILES string of the molecule is Cc1ccc(C(F)(F)F)cc1CN1C[C@H]2CC(=O)NC[C@H]2C1. The van der Waals surface area contributed by atoms with Crippen molar-refractivity contribution in [2.75, 3.05) is 19.6 Å². The number of rotatable bonds is 2. The van der Waals surface area contributed by atoms with E-state index in [2.05, 4.69) is 10.2 Å². The van der Waals surface area contributed by atoms with Gasteiger partial charge in [-0.05, 0) is 42.0 Å². The lowest BCUT2D eigenvalue weighted by Gasteiger charge is -2.23. The Hall–Kier alpha value is -1.56. The van der Waals surface area contributed by atoms with Gasteiger partial charge in [0, 0.05) is 32.6 Å². The molecule has 0 aromatic heterocycles. The molecule has 6 heteroatoms. The monoisotopic (exact) mass is 312 g/mol. The van der Waals surface area contributed by atoms with Gasteiger partial charge in [-0.15, -0.1) is 0 Å². The van der Waals surface area contributed by atoms with Crippen LogP contribution in [0.4, 0.5) is 13.2 Å². The van der Waals surface area contributed by atoms with Crippen LogP contribution in [0.25, 0.3) is 0 Å². The number of aryl methyl sites for hydroxylation is 1. The van der Waals surface area contributed by atoms with Gasteiger partial charge in [0.25, 0.3) is 0 Å². The fraction of sp³-hybridized carbons (Fsp3) is 0.562. The number of carbonyl (C=O) groups excluding carboxylic acids is 1. The minimum absolute atomic E-state index is 0.0818. The van der Waals surface area contributed by atoms with E-state index >= 15 is 0 Å². The van der Waals surface area contributed by atoms with Gasteiger partial charge in [-0.1, -0.05) is 6.07 Å². The van der Waals surface area contributed by atoms with Crippen molar-refractivity contribution in [1.29, 1.82) is 0 Å². The van der Waals surface area contributed by atoms with E-state index in [1.807, 2.05) is 6.92 Å². The van der Waals surface area contributed by atoms with Crippen LogP contribution < -0.4 is 5.32 Å². The van der Waals surface area contributed by atoms with E-state index in [-0.39, 0.29) is 5.91 Å². The molecule has 22 heavy (non-hydrogen) atoms. The first-order chi connectivity index (χ1) is 10.3. The Labute approximate surface area is 127 Å². The van der Waals surface area contributed by atoms with Gasteiger partial charge in [0.1, 0.15) is 0 Å². The molecule has 3 nitrogen and oxygen atoms in total. The van der Waals surface area contributed by atoms with Crippen LogP contribution in [0.1, 0.15) is 23.1 Å². The third kappa shape index (κ3) is 3.11. The molecule has 2 fully saturated rings. The third-order valence-electron chi connectivity index (χ3n) is 4.73. The van der Waals surface area contributed by atoms with Crippen LogP contribution in [0.2, 0.25) is 0 Å². The average molecular weight is 312 g/mol. The Morgan fingerprint density at radius 1 is 1.27 bits per heavy atom. The fourth-order valence-corrected chi connectivity index (χ4v) is 3.44. The molecule has 1 aromatic carbocycles. The summed E-state index contributed by atoms with van der Waals surface area (Å²) in [6.07, 6.45) is -3.78. The molecule has 2 saturated heterocycles. The zero-order valence-electron chi connectivity index (χ0n) is 12.4. The zero-order chi connectivity index (χ0) is 15.9. The Bertz CT molecular complexity index is 585. The third-order valence-corrected chi connectivity index (χ3v) is 4.73. The van der Waals surface area contributed by atoms with Gasteiger partial charge in [0.2, 0.25) is 5.91 Å². The molecule has 2 aliphatic rings. The minimum Gasteiger partial charge on any atom is -0.356 e. The molecular weight excluding hydrogens is 293 g/mol. The predicted molar refractivity (Wildman–Crippen MR) is 76.1 cm³/mol. The van der Waals surface area contributed by atoms with Crippen molar-refractivity contribution in [1.82, 2.24) is 10.2 Å². The smallest absolute Gasteiger partial charge is 0.356 e. The molecule has 1 aromatic rings. The van der Waals surface area contributed by atoms with Crippen molar-refractivity contribution < 1.29 is 18.0 Å². The molecule has 0 spiro atoms. The summed E-state index contributed by atoms with van der Waals surface area (Å²) in [4.78, 5) is 13.6. The number of hydrogen-bond donors (Lipinski definition) is 1. The highest BCUT2D eigenvalue weighted by atomic mass is 19.4. The summed E-state index contributed by atoms with van der Waals surface area (Å²) in [5.74, 6) is 0.835. The summed E-state index contributed by atoms with van der Waals surface area (Å²) in [7, 11) is 0. The molecule has 2 atom stereocenters. The van der Waals surface area contributed by atoms with Crippen molar-refractivity contribution in [3.63, 3.8) is 0 Å². The first kappa shape index (κ1) is 15.3. The lowest BCUT2D eigenvalue weighted by Crippen LogP contribution is -2.39. The molecule has 0 bridgehead atoms. The van der Waals surface area contributed by atoms with Gasteiger partial charge < -0.3 is 5.32 Å². The van der Waals surface area contributed by atoms with E-state index in [0.29, 0.717) is 36.9 Å². The highest BCUT2D eigenvalue weighted by Gasteiger charge is 2.37. The second-order valence-electron chi connectivity index (χ2n) is 6.36. The summed E-state index contributed by atoms with van der Waals surface area (Å²) < 4.78 is 38.5. The largest absolute Gasteiger partial charge is 0.416 e. The maximum Gasteiger partial charge on any atom is 0.416 e. The highest BCUT2D eigenvalue weighted by Crippen LogP contribution is 2.33. The lowest BCUT2D eigenvalue weighted by molar-refractivity contribution is -0.137. The standard InChI is InChI=1S/C16H19F3N2O/c1-10-2-3-14(16(17,18)19)4-11(10)7-21-8-12-5-15(22)20-6-13(12)9-21/h2-4,12-13H,5-9H2,1H3,(H,20,22)/t12-,13+/m1/s1. The lowest BCUT2D eigenvalue weighted by atomic mass is 9.89. The highest BCUT2D eigenvalue weighted by molar-refractivity contribution is 5.77. The summed E-state index contributed by atoms with van der Waals surface area (Å²) in [5.41, 5.74) is 0.992. The van der Waals surface area contributed by atoms with Gasteiger partial charge in [0.05, 0.1) is 5.56 Å². The number of halogens is 3. The quantitative estimate of drug-likeness (QED) is 0.910. The molecule has 1 N–H and O–H groups in total. The number of fused-ring (bicyclic) bond motifs is 1. The Morgan fingerprint density at radius 2 is 2.00 bits per heavy atom. The Kier molecular flexibility index (Phi) is 3.89. The molecule has 1 amide bonds. The van der Waals surface area contributed by atoms with Gasteiger partial charge in [-0.25, -0.2) is 0 Å². The number of benzene rings is 1. The van der Waals surface area contributed by atoms with Crippen LogP contribution in [0.3, 0.4) is 0 Å². The molecule has 0 unspecified atom stereocenters. The Balaban J connectivity index is 1.72. The fourth-order valence-electron chi connectivity index (χ4n) is 3.44. The van der Waals surface area contributed by atoms with Gasteiger partial charge in [-0.2, -0.15) is 13.2 Å². The summed E-state index contributed by atoms with van der Waals surface area (Å²) in [6, 6.07) is 3.91. The first-order valence-corrected chi connectivity index (χ1v) is 7.48. The van der Waals surface area contributed by atoms with E-state index < -0.39 is 11.7 Å². The van der Waals surface area contributed by atoms with Crippen LogP contribution in [0.5, 0.6) is 0 Å². The number of carbonyl (C=O) groups is 1. The number of nitrogens with one attached hydrogen (secondary N) is 1. The molecule has 2 heterocycles. The number of likely N-dealkylation sites (tertiary alicyclic amines) is 1. The van der Waals surface area contributed by atoms with Gasteiger partial charge in [-0.3, -0.25) is 9.69 Å². The van der Waals surface area contributed by atoms with E-state index in [9.17, 15) is 18.0 Å². The predicted octanol–water partition coefficient (Wildman–Crippen LogP) is 2.58. The maximum atomic E-state index is 12.8. The molecule has 2 aliphatic heterocycles. The summed E-state index contributed by atoms with van der Waals surface area (Å²) >= 11 is 0. The van der Waals surface area contributed by atoms with Crippen molar-refractivity contribution >= 4 is 5.91 Å². The molecule has 3 rings (SSSR count). The van der Waals surface area contributed by atoms with Crippen LogP contribution in [-0.2, 0) is 17.5 Å². The van der Waals surface area contributed by atoms with Gasteiger partial charge >= 0.3 is 6.18 Å². The zero-order valence-corrected chi connectivity index (χ0v) is 12.4. The maximum absolute atomic E-state index is 12.8.